The first-order chi connectivity index (χ1) is 12.8. The van der Waals surface area contributed by atoms with Crippen LogP contribution in [0.4, 0.5) is 0 Å². The van der Waals surface area contributed by atoms with Crippen LogP contribution >= 0.6 is 0 Å². The third-order valence-electron chi connectivity index (χ3n) is 4.76. The van der Waals surface area contributed by atoms with Crippen LogP contribution in [0.3, 0.4) is 0 Å². The number of pyridine rings is 1. The predicted molar refractivity (Wildman–Crippen MR) is 101 cm³/mol. The van der Waals surface area contributed by atoms with E-state index < -0.39 is 0 Å². The fourth-order valence-electron chi connectivity index (χ4n) is 3.34. The fourth-order valence-corrected chi connectivity index (χ4v) is 3.34. The molecular weight excluding hydrogens is 328 g/mol. The molecule has 26 heavy (non-hydrogen) atoms. The maximum atomic E-state index is 12.6. The monoisotopic (exact) mass is 350 g/mol. The molecule has 0 atom stereocenters. The molecule has 1 aromatic carbocycles. The van der Waals surface area contributed by atoms with Crippen LogP contribution in [0.25, 0.3) is 16.6 Å². The molecule has 0 saturated carbocycles. The maximum Gasteiger partial charge on any atom is 0.265 e. The molecule has 0 N–H and O–H groups in total. The van der Waals surface area contributed by atoms with Gasteiger partial charge in [-0.3, -0.25) is 14.3 Å². The minimum atomic E-state index is -0.100. The quantitative estimate of drug-likeness (QED) is 0.640. The van der Waals surface area contributed by atoms with Crippen molar-refractivity contribution in [3.63, 3.8) is 0 Å². The maximum absolute atomic E-state index is 12.6. The van der Waals surface area contributed by atoms with Crippen molar-refractivity contribution in [1.29, 1.82) is 0 Å². The fraction of sp³-hybridized carbons (Fsp3) is 0.350. The Morgan fingerprint density at radius 3 is 2.69 bits per heavy atom. The summed E-state index contributed by atoms with van der Waals surface area (Å²) in [6.45, 7) is 4.25. The second-order valence-electron chi connectivity index (χ2n) is 6.56. The minimum Gasteiger partial charge on any atom is -0.494 e. The largest absolute Gasteiger partial charge is 0.494 e. The van der Waals surface area contributed by atoms with Crippen LogP contribution in [0.2, 0.25) is 0 Å². The van der Waals surface area contributed by atoms with E-state index in [-0.39, 0.29) is 5.56 Å². The Morgan fingerprint density at radius 2 is 1.88 bits per heavy atom. The van der Waals surface area contributed by atoms with Gasteiger partial charge < -0.3 is 9.64 Å². The van der Waals surface area contributed by atoms with Gasteiger partial charge in [0.1, 0.15) is 12.1 Å². The summed E-state index contributed by atoms with van der Waals surface area (Å²) < 4.78 is 7.36. The summed E-state index contributed by atoms with van der Waals surface area (Å²) in [7, 11) is 0. The summed E-state index contributed by atoms with van der Waals surface area (Å²) in [5, 5.41) is 0.560. The molecule has 134 valence electrons. The molecule has 2 aromatic heterocycles. The molecule has 0 amide bonds. The van der Waals surface area contributed by atoms with E-state index in [1.165, 1.54) is 32.3 Å². The Balaban J connectivity index is 1.41. The highest BCUT2D eigenvalue weighted by Crippen LogP contribution is 2.15. The normalized spacial score (nSPS) is 14.8. The SMILES string of the molecule is O=c1c2ccncc2ncn1-c1ccc(OCCCN2CCCC2)cc1. The van der Waals surface area contributed by atoms with Gasteiger partial charge in [-0.05, 0) is 62.7 Å². The zero-order valence-electron chi connectivity index (χ0n) is 14.7. The van der Waals surface area contributed by atoms with Crippen LogP contribution in [0, 0.1) is 0 Å². The highest BCUT2D eigenvalue weighted by molar-refractivity contribution is 5.76. The van der Waals surface area contributed by atoms with Gasteiger partial charge in [0.2, 0.25) is 0 Å². The van der Waals surface area contributed by atoms with Crippen molar-refractivity contribution in [3.8, 4) is 11.4 Å². The second kappa shape index (κ2) is 7.66. The number of aromatic nitrogens is 3. The molecule has 3 aromatic rings. The van der Waals surface area contributed by atoms with Crippen molar-refractivity contribution in [3.05, 3.63) is 59.4 Å². The summed E-state index contributed by atoms with van der Waals surface area (Å²) >= 11 is 0. The van der Waals surface area contributed by atoms with Gasteiger partial charge in [0, 0.05) is 12.7 Å². The number of fused-ring (bicyclic) bond motifs is 1. The molecule has 1 saturated heterocycles. The van der Waals surface area contributed by atoms with Gasteiger partial charge in [0.25, 0.3) is 5.56 Å². The standard InChI is InChI=1S/C20H22N4O2/c25-20-18-8-9-21-14-19(18)22-15-24(20)16-4-6-17(7-5-16)26-13-3-12-23-10-1-2-11-23/h4-9,14-15H,1-3,10-13H2. The molecular formula is C20H22N4O2. The van der Waals surface area contributed by atoms with E-state index in [0.717, 1.165) is 24.4 Å². The highest BCUT2D eigenvalue weighted by atomic mass is 16.5. The Morgan fingerprint density at radius 1 is 1.08 bits per heavy atom. The van der Waals surface area contributed by atoms with Gasteiger partial charge in [-0.1, -0.05) is 0 Å². The zero-order valence-corrected chi connectivity index (χ0v) is 14.7. The summed E-state index contributed by atoms with van der Waals surface area (Å²) in [6, 6.07) is 9.25. The van der Waals surface area contributed by atoms with Crippen LogP contribution in [0.1, 0.15) is 19.3 Å². The van der Waals surface area contributed by atoms with E-state index in [2.05, 4.69) is 14.9 Å². The average molecular weight is 350 g/mol. The lowest BCUT2D eigenvalue weighted by Gasteiger charge is -2.14. The van der Waals surface area contributed by atoms with Crippen molar-refractivity contribution < 1.29 is 4.74 Å². The third-order valence-corrected chi connectivity index (χ3v) is 4.76. The molecule has 1 fully saturated rings. The van der Waals surface area contributed by atoms with E-state index in [9.17, 15) is 4.79 Å². The van der Waals surface area contributed by atoms with E-state index in [1.54, 1.807) is 23.0 Å². The first-order valence-electron chi connectivity index (χ1n) is 9.08. The number of hydrogen-bond donors (Lipinski definition) is 0. The average Bonchev–Trinajstić information content (AvgIpc) is 3.20. The van der Waals surface area contributed by atoms with Crippen LogP contribution < -0.4 is 10.3 Å². The van der Waals surface area contributed by atoms with Crippen LogP contribution in [0.15, 0.2) is 53.8 Å². The van der Waals surface area contributed by atoms with E-state index in [1.807, 2.05) is 24.3 Å². The Bertz CT molecular complexity index is 930. The number of nitrogens with zero attached hydrogens (tertiary/aromatic N) is 4. The molecule has 3 heterocycles. The first-order valence-corrected chi connectivity index (χ1v) is 9.08. The van der Waals surface area contributed by atoms with Crippen LogP contribution in [-0.2, 0) is 0 Å². The van der Waals surface area contributed by atoms with Crippen molar-refractivity contribution in [2.45, 2.75) is 19.3 Å². The van der Waals surface area contributed by atoms with Gasteiger partial charge >= 0.3 is 0 Å². The predicted octanol–water partition coefficient (Wildman–Crippen LogP) is 2.65. The number of rotatable bonds is 6. The van der Waals surface area contributed by atoms with Gasteiger partial charge in [0.05, 0.1) is 29.4 Å². The lowest BCUT2D eigenvalue weighted by atomic mass is 10.2. The smallest absolute Gasteiger partial charge is 0.265 e. The minimum absolute atomic E-state index is 0.100. The molecule has 0 unspecified atom stereocenters. The molecule has 6 nitrogen and oxygen atoms in total. The zero-order chi connectivity index (χ0) is 17.8. The summed E-state index contributed by atoms with van der Waals surface area (Å²) in [6.07, 6.45) is 8.42. The third kappa shape index (κ3) is 3.60. The van der Waals surface area contributed by atoms with Gasteiger partial charge in [-0.15, -0.1) is 0 Å². The van der Waals surface area contributed by atoms with Crippen LogP contribution in [0.5, 0.6) is 5.75 Å². The second-order valence-corrected chi connectivity index (χ2v) is 6.56. The van der Waals surface area contributed by atoms with E-state index >= 15 is 0 Å². The number of benzene rings is 1. The highest BCUT2D eigenvalue weighted by Gasteiger charge is 2.10. The molecule has 0 radical (unpaired) electrons. The van der Waals surface area contributed by atoms with Crippen molar-refractivity contribution in [2.24, 2.45) is 0 Å². The Labute approximate surface area is 152 Å². The molecule has 4 rings (SSSR count). The molecule has 6 heteroatoms. The summed E-state index contributed by atoms with van der Waals surface area (Å²) in [4.78, 5) is 23.4. The van der Waals surface area contributed by atoms with Gasteiger partial charge in [-0.2, -0.15) is 0 Å². The van der Waals surface area contributed by atoms with E-state index in [0.29, 0.717) is 17.5 Å². The molecule has 1 aliphatic heterocycles. The molecule has 0 spiro atoms. The lowest BCUT2D eigenvalue weighted by molar-refractivity contribution is 0.263. The van der Waals surface area contributed by atoms with Crippen molar-refractivity contribution >= 4 is 10.9 Å². The Hall–Kier alpha value is -2.73. The first kappa shape index (κ1) is 16.7. The molecule has 0 aliphatic carbocycles. The lowest BCUT2D eigenvalue weighted by Crippen LogP contribution is -2.21. The number of hydrogen-bond acceptors (Lipinski definition) is 5. The topological polar surface area (TPSA) is 60.3 Å². The van der Waals surface area contributed by atoms with Gasteiger partial charge in [0.15, 0.2) is 0 Å². The van der Waals surface area contributed by atoms with Crippen molar-refractivity contribution in [2.75, 3.05) is 26.2 Å². The Kier molecular flexibility index (Phi) is 4.93. The van der Waals surface area contributed by atoms with Gasteiger partial charge in [-0.25, -0.2) is 4.98 Å². The molecule has 1 aliphatic rings. The molecule has 0 bridgehead atoms. The summed E-state index contributed by atoms with van der Waals surface area (Å²) in [5.41, 5.74) is 1.27. The number of ether oxygens (including phenoxy) is 1. The van der Waals surface area contributed by atoms with E-state index in [4.69, 9.17) is 4.74 Å². The van der Waals surface area contributed by atoms with Crippen molar-refractivity contribution in [1.82, 2.24) is 19.4 Å². The number of likely N-dealkylation sites (tertiary alicyclic amines) is 1. The van der Waals surface area contributed by atoms with Crippen LogP contribution in [-0.4, -0.2) is 45.7 Å². The summed E-state index contributed by atoms with van der Waals surface area (Å²) in [5.74, 6) is 0.821.